The molecule has 1 aromatic carbocycles. The lowest BCUT2D eigenvalue weighted by molar-refractivity contribution is -0.0857. The van der Waals surface area contributed by atoms with Gasteiger partial charge in [-0.1, -0.05) is 30.7 Å². The van der Waals surface area contributed by atoms with Crippen LogP contribution >= 0.6 is 11.6 Å². The molecular weight excluding hydrogens is 374 g/mol. The number of ether oxygens (including phenoxy) is 1. The average Bonchev–Trinajstić information content (AvgIpc) is 3.16. The molecule has 28 heavy (non-hydrogen) atoms. The first-order valence-electron chi connectivity index (χ1n) is 10.4. The van der Waals surface area contributed by atoms with Crippen molar-refractivity contribution in [3.8, 4) is 0 Å². The summed E-state index contributed by atoms with van der Waals surface area (Å²) in [6, 6.07) is 9.24. The van der Waals surface area contributed by atoms with E-state index in [9.17, 15) is 0 Å². The third-order valence-electron chi connectivity index (χ3n) is 6.18. The summed E-state index contributed by atoms with van der Waals surface area (Å²) >= 11 is 6.05. The Kier molecular flexibility index (Phi) is 6.19. The molecule has 0 bridgehead atoms. The maximum Gasteiger partial charge on any atom is 0.135 e. The maximum atomic E-state index is 6.14. The smallest absolute Gasteiger partial charge is 0.135 e. The van der Waals surface area contributed by atoms with E-state index in [1.165, 1.54) is 5.56 Å². The zero-order valence-corrected chi connectivity index (χ0v) is 17.3. The Bertz CT molecular complexity index is 727. The molecule has 3 aliphatic rings. The summed E-state index contributed by atoms with van der Waals surface area (Å²) < 4.78 is 6.14. The number of amidine groups is 2. The molecule has 6 nitrogen and oxygen atoms in total. The summed E-state index contributed by atoms with van der Waals surface area (Å²) in [5.74, 6) is 1.65. The maximum absolute atomic E-state index is 6.14. The lowest BCUT2D eigenvalue weighted by Gasteiger charge is -2.47. The van der Waals surface area contributed by atoms with Crippen molar-refractivity contribution in [2.75, 3.05) is 26.2 Å². The van der Waals surface area contributed by atoms with Crippen LogP contribution in [0.2, 0.25) is 5.02 Å². The van der Waals surface area contributed by atoms with Crippen LogP contribution in [0.3, 0.4) is 0 Å². The van der Waals surface area contributed by atoms with Crippen molar-refractivity contribution in [1.29, 1.82) is 0 Å². The number of hydrogen-bond acceptors (Lipinski definition) is 6. The number of nitrogens with zero attached hydrogens (tertiary/aromatic N) is 4. The van der Waals surface area contributed by atoms with Crippen molar-refractivity contribution in [3.63, 3.8) is 0 Å². The first-order chi connectivity index (χ1) is 13.6. The Morgan fingerprint density at radius 3 is 2.57 bits per heavy atom. The molecule has 0 saturated carbocycles. The molecule has 2 atom stereocenters. The number of benzene rings is 1. The minimum Gasteiger partial charge on any atom is -0.385 e. The molecule has 2 fully saturated rings. The quantitative estimate of drug-likeness (QED) is 0.839. The second-order valence-corrected chi connectivity index (χ2v) is 8.48. The Morgan fingerprint density at radius 2 is 1.93 bits per heavy atom. The summed E-state index contributed by atoms with van der Waals surface area (Å²) in [5, 5.41) is 9.02. The van der Waals surface area contributed by atoms with Gasteiger partial charge in [-0.15, -0.1) is 10.2 Å². The molecule has 7 heteroatoms. The number of halogens is 1. The van der Waals surface area contributed by atoms with Crippen molar-refractivity contribution in [1.82, 2.24) is 9.80 Å². The Morgan fingerprint density at radius 1 is 1.18 bits per heavy atom. The Labute approximate surface area is 172 Å². The van der Waals surface area contributed by atoms with Crippen molar-refractivity contribution in [2.24, 2.45) is 15.9 Å². The van der Waals surface area contributed by atoms with Crippen LogP contribution in [0.5, 0.6) is 0 Å². The largest absolute Gasteiger partial charge is 0.385 e. The van der Waals surface area contributed by atoms with Crippen molar-refractivity contribution in [2.45, 2.75) is 57.2 Å². The second kappa shape index (κ2) is 8.80. The van der Waals surface area contributed by atoms with E-state index in [-0.39, 0.29) is 0 Å². The Hall–Kier alpha value is -1.63. The molecular formula is C21H30ClN5O. The van der Waals surface area contributed by atoms with Gasteiger partial charge in [0.25, 0.3) is 0 Å². The standard InChI is InChI=1S/C21H30ClN5O/c1-2-19-13-27(18(14-28-19)11-15-3-5-16(22)6-4-15)17-7-9-26(10-8-17)21-12-20(23)24-25-21/h3-6,17-19H,2,7-14H2,1H3,(H2,23,24)/t18-,19-/m0/s1. The normalized spacial score (nSPS) is 27.0. The predicted octanol–water partition coefficient (Wildman–Crippen LogP) is 2.90. The number of likely N-dealkylation sites (tertiary alicyclic amines) is 1. The van der Waals surface area contributed by atoms with Gasteiger partial charge in [-0.2, -0.15) is 0 Å². The molecule has 0 amide bonds. The van der Waals surface area contributed by atoms with E-state index < -0.39 is 0 Å². The molecule has 0 spiro atoms. The van der Waals surface area contributed by atoms with Gasteiger partial charge in [0.1, 0.15) is 11.7 Å². The topological polar surface area (TPSA) is 66.5 Å². The van der Waals surface area contributed by atoms with Crippen LogP contribution in [0.4, 0.5) is 0 Å². The number of hydrogen-bond donors (Lipinski definition) is 1. The zero-order valence-electron chi connectivity index (χ0n) is 16.6. The fourth-order valence-corrected chi connectivity index (χ4v) is 4.65. The predicted molar refractivity (Wildman–Crippen MR) is 114 cm³/mol. The van der Waals surface area contributed by atoms with Crippen LogP contribution < -0.4 is 5.73 Å². The SMILES string of the molecule is CC[C@H]1CN(C2CCN(C3=NN=C(N)C3)CC2)[C@@H](Cc2ccc(Cl)cc2)CO1. The van der Waals surface area contributed by atoms with Gasteiger partial charge in [0.15, 0.2) is 0 Å². The number of rotatable bonds is 4. The van der Waals surface area contributed by atoms with E-state index in [0.29, 0.717) is 30.4 Å². The van der Waals surface area contributed by atoms with E-state index in [1.54, 1.807) is 0 Å². The summed E-state index contributed by atoms with van der Waals surface area (Å²) in [4.78, 5) is 5.07. The summed E-state index contributed by atoms with van der Waals surface area (Å²) in [6.45, 7) is 6.09. The minimum absolute atomic E-state index is 0.340. The summed E-state index contributed by atoms with van der Waals surface area (Å²) in [6.07, 6.45) is 5.39. The highest BCUT2D eigenvalue weighted by Gasteiger charge is 2.35. The molecule has 0 aromatic heterocycles. The van der Waals surface area contributed by atoms with Gasteiger partial charge < -0.3 is 15.4 Å². The van der Waals surface area contributed by atoms with Crippen LogP contribution in [-0.2, 0) is 11.2 Å². The molecule has 0 unspecified atom stereocenters. The van der Waals surface area contributed by atoms with Gasteiger partial charge in [0.05, 0.1) is 19.1 Å². The molecule has 2 saturated heterocycles. The third kappa shape index (κ3) is 4.50. The van der Waals surface area contributed by atoms with Gasteiger partial charge in [-0.3, -0.25) is 4.90 Å². The summed E-state index contributed by atoms with van der Waals surface area (Å²) in [7, 11) is 0. The van der Waals surface area contributed by atoms with Crippen LogP contribution in [0.1, 0.15) is 38.2 Å². The number of nitrogens with two attached hydrogens (primary N) is 1. The molecule has 152 valence electrons. The van der Waals surface area contributed by atoms with Crippen LogP contribution in [0.25, 0.3) is 0 Å². The lowest BCUT2D eigenvalue weighted by atomic mass is 9.95. The Balaban J connectivity index is 1.40. The molecule has 3 heterocycles. The van der Waals surface area contributed by atoms with E-state index in [0.717, 1.165) is 62.8 Å². The minimum atomic E-state index is 0.340. The molecule has 0 radical (unpaired) electrons. The molecule has 1 aromatic rings. The molecule has 4 rings (SSSR count). The lowest BCUT2D eigenvalue weighted by Crippen LogP contribution is -2.57. The van der Waals surface area contributed by atoms with Crippen LogP contribution in [0.15, 0.2) is 34.5 Å². The van der Waals surface area contributed by atoms with Crippen molar-refractivity contribution >= 4 is 23.3 Å². The first kappa shape index (κ1) is 19.7. The second-order valence-electron chi connectivity index (χ2n) is 8.05. The van der Waals surface area contributed by atoms with Gasteiger partial charge in [-0.05, 0) is 43.4 Å². The summed E-state index contributed by atoms with van der Waals surface area (Å²) in [5.41, 5.74) is 7.11. The monoisotopic (exact) mass is 403 g/mol. The van der Waals surface area contributed by atoms with E-state index >= 15 is 0 Å². The highest BCUT2D eigenvalue weighted by Crippen LogP contribution is 2.27. The average molecular weight is 404 g/mol. The first-order valence-corrected chi connectivity index (χ1v) is 10.8. The van der Waals surface area contributed by atoms with Crippen molar-refractivity contribution in [3.05, 3.63) is 34.9 Å². The molecule has 2 N–H and O–H groups in total. The fourth-order valence-electron chi connectivity index (χ4n) is 4.53. The number of morpholine rings is 1. The van der Waals surface area contributed by atoms with Gasteiger partial charge in [0, 0.05) is 36.7 Å². The zero-order chi connectivity index (χ0) is 19.5. The van der Waals surface area contributed by atoms with Crippen LogP contribution in [0, 0.1) is 0 Å². The number of piperidine rings is 1. The molecule has 3 aliphatic heterocycles. The highest BCUT2D eigenvalue weighted by molar-refractivity contribution is 6.30. The van der Waals surface area contributed by atoms with E-state index in [1.807, 2.05) is 12.1 Å². The van der Waals surface area contributed by atoms with Crippen molar-refractivity contribution < 1.29 is 4.74 Å². The fraction of sp³-hybridized carbons (Fsp3) is 0.619. The van der Waals surface area contributed by atoms with E-state index in [2.05, 4.69) is 39.1 Å². The van der Waals surface area contributed by atoms with E-state index in [4.69, 9.17) is 22.1 Å². The third-order valence-corrected chi connectivity index (χ3v) is 6.43. The van der Waals surface area contributed by atoms with Gasteiger partial charge >= 0.3 is 0 Å². The van der Waals surface area contributed by atoms with Gasteiger partial charge in [-0.25, -0.2) is 0 Å². The highest BCUT2D eigenvalue weighted by atomic mass is 35.5. The molecule has 0 aliphatic carbocycles. The van der Waals surface area contributed by atoms with Crippen LogP contribution in [-0.4, -0.2) is 65.9 Å². The van der Waals surface area contributed by atoms with Gasteiger partial charge in [0.2, 0.25) is 0 Å².